The Bertz CT molecular complexity index is 1060. The minimum Gasteiger partial charge on any atom is -0.542 e. The van der Waals surface area contributed by atoms with Crippen molar-refractivity contribution in [2.24, 2.45) is 0 Å². The fourth-order valence-corrected chi connectivity index (χ4v) is 5.07. The van der Waals surface area contributed by atoms with Crippen molar-refractivity contribution in [3.8, 4) is 0 Å². The van der Waals surface area contributed by atoms with Crippen molar-refractivity contribution in [2.45, 2.75) is 37.5 Å². The van der Waals surface area contributed by atoms with Crippen LogP contribution >= 0.6 is 0 Å². The van der Waals surface area contributed by atoms with E-state index in [1.54, 1.807) is 38.1 Å². The van der Waals surface area contributed by atoms with E-state index in [4.69, 9.17) is 5.53 Å². The zero-order valence-corrected chi connectivity index (χ0v) is 16.9. The second kappa shape index (κ2) is 7.51. The van der Waals surface area contributed by atoms with E-state index in [-0.39, 0.29) is 9.79 Å². The Morgan fingerprint density at radius 2 is 1.15 bits per heavy atom. The van der Waals surface area contributed by atoms with Crippen LogP contribution in [0.2, 0.25) is 0 Å². The summed E-state index contributed by atoms with van der Waals surface area (Å²) in [5, 5.41) is 0. The maximum atomic E-state index is 12.5. The van der Waals surface area contributed by atoms with E-state index in [2.05, 4.69) is 4.79 Å². The van der Waals surface area contributed by atoms with Crippen LogP contribution in [-0.2, 0) is 20.0 Å². The molecule has 0 saturated heterocycles. The lowest BCUT2D eigenvalue weighted by Gasteiger charge is -2.09. The Morgan fingerprint density at radius 1 is 0.778 bits per heavy atom. The molecule has 0 spiro atoms. The molecular formula is C17H20N4O4S2. The van der Waals surface area contributed by atoms with Gasteiger partial charge in [0.2, 0.25) is 0 Å². The molecule has 0 fully saturated rings. The molecule has 0 aliphatic heterocycles. The molecule has 0 aliphatic rings. The van der Waals surface area contributed by atoms with Crippen LogP contribution in [0, 0.1) is 27.7 Å². The standard InChI is InChI=1S/C17H20N4O4S2/c1-11-5-7-15(13(3)9-11)26(22,23)20-17(19-18)21-27(24,25)16-8-6-12(2)10-14(16)4/h5-10,20-21H,1-4H3. The summed E-state index contributed by atoms with van der Waals surface area (Å²) in [4.78, 5) is 2.63. The van der Waals surface area contributed by atoms with Crippen molar-refractivity contribution in [1.29, 1.82) is 0 Å². The van der Waals surface area contributed by atoms with Gasteiger partial charge in [-0.2, -0.15) is 26.3 Å². The van der Waals surface area contributed by atoms with E-state index in [0.717, 1.165) is 11.1 Å². The molecule has 2 rings (SSSR count). The molecule has 0 radical (unpaired) electrons. The van der Waals surface area contributed by atoms with Gasteiger partial charge in [-0.05, 0) is 51.0 Å². The lowest BCUT2D eigenvalue weighted by molar-refractivity contribution is -0.0118. The fraction of sp³-hybridized carbons (Fsp3) is 0.235. The minimum atomic E-state index is -4.16. The van der Waals surface area contributed by atoms with Crippen LogP contribution in [0.25, 0.3) is 5.53 Å². The number of guanidine groups is 1. The fourth-order valence-electron chi connectivity index (χ4n) is 2.63. The minimum absolute atomic E-state index is 0.0556. The molecule has 0 amide bonds. The highest BCUT2D eigenvalue weighted by Gasteiger charge is 2.29. The van der Waals surface area contributed by atoms with E-state index in [1.807, 2.05) is 23.3 Å². The van der Waals surface area contributed by atoms with Gasteiger partial charge in [-0.15, -0.1) is 0 Å². The molecule has 27 heavy (non-hydrogen) atoms. The molecule has 0 aliphatic carbocycles. The van der Waals surface area contributed by atoms with Crippen LogP contribution in [-0.4, -0.2) is 27.6 Å². The van der Waals surface area contributed by atoms with Gasteiger partial charge in [0.15, 0.2) is 0 Å². The maximum Gasteiger partial charge on any atom is 0.453 e. The monoisotopic (exact) mass is 408 g/mol. The van der Waals surface area contributed by atoms with Gasteiger partial charge in [0, 0.05) is 0 Å². The van der Waals surface area contributed by atoms with Crippen LogP contribution in [0.5, 0.6) is 0 Å². The van der Waals surface area contributed by atoms with Gasteiger partial charge in [0.1, 0.15) is 9.79 Å². The van der Waals surface area contributed by atoms with Gasteiger partial charge in [-0.1, -0.05) is 35.4 Å². The molecule has 0 heterocycles. The summed E-state index contributed by atoms with van der Waals surface area (Å²) in [6.07, 6.45) is 0. The highest BCUT2D eigenvalue weighted by Crippen LogP contribution is 2.17. The molecule has 144 valence electrons. The summed E-state index contributed by atoms with van der Waals surface area (Å²) in [6, 6.07) is 9.34. The van der Waals surface area contributed by atoms with Crippen LogP contribution in [0.3, 0.4) is 0 Å². The van der Waals surface area contributed by atoms with Gasteiger partial charge in [0.25, 0.3) is 0 Å². The van der Waals surface area contributed by atoms with Gasteiger partial charge < -0.3 is 10.3 Å². The Morgan fingerprint density at radius 3 is 1.44 bits per heavy atom. The number of nitrogens with zero attached hydrogens (tertiary/aromatic N) is 2. The van der Waals surface area contributed by atoms with Crippen LogP contribution in [0.4, 0.5) is 0 Å². The Labute approximate surface area is 159 Å². The summed E-state index contributed by atoms with van der Waals surface area (Å²) in [6.45, 7) is 6.85. The first-order valence-electron chi connectivity index (χ1n) is 7.88. The summed E-state index contributed by atoms with van der Waals surface area (Å²) in [7, 11) is -8.32. The van der Waals surface area contributed by atoms with Gasteiger partial charge in [0.05, 0.1) is 0 Å². The average molecular weight is 409 g/mol. The van der Waals surface area contributed by atoms with Gasteiger partial charge in [-0.25, -0.2) is 0 Å². The van der Waals surface area contributed by atoms with Gasteiger partial charge >= 0.3 is 26.0 Å². The molecular weight excluding hydrogens is 388 g/mol. The lowest BCUT2D eigenvalue weighted by atomic mass is 10.2. The molecule has 2 N–H and O–H groups in total. The Balaban J connectivity index is 2.33. The number of hydrogen-bond donors (Lipinski definition) is 2. The zero-order valence-electron chi connectivity index (χ0n) is 15.3. The molecule has 10 heteroatoms. The second-order valence-corrected chi connectivity index (χ2v) is 9.50. The normalized spacial score (nSPS) is 11.6. The van der Waals surface area contributed by atoms with E-state index < -0.39 is 26.0 Å². The first-order valence-corrected chi connectivity index (χ1v) is 10.8. The van der Waals surface area contributed by atoms with E-state index >= 15 is 0 Å². The third kappa shape index (κ3) is 4.73. The van der Waals surface area contributed by atoms with Crippen molar-refractivity contribution < 1.29 is 21.6 Å². The Hall–Kier alpha value is -2.68. The molecule has 0 aromatic heterocycles. The largest absolute Gasteiger partial charge is 0.542 e. The Kier molecular flexibility index (Phi) is 5.74. The number of sulfonamides is 2. The van der Waals surface area contributed by atoms with Crippen molar-refractivity contribution in [2.75, 3.05) is 0 Å². The molecule has 2 aromatic rings. The maximum absolute atomic E-state index is 12.5. The molecule has 8 nitrogen and oxygen atoms in total. The van der Waals surface area contributed by atoms with Crippen molar-refractivity contribution in [3.05, 3.63) is 64.2 Å². The average Bonchev–Trinajstić information content (AvgIpc) is 2.52. The summed E-state index contributed by atoms with van der Waals surface area (Å²) in [5.74, 6) is -0.824. The second-order valence-electron chi connectivity index (χ2n) is 6.20. The lowest BCUT2D eigenvalue weighted by Crippen LogP contribution is -2.44. The van der Waals surface area contributed by atoms with Crippen LogP contribution in [0.1, 0.15) is 22.3 Å². The molecule has 0 unspecified atom stereocenters. The highest BCUT2D eigenvalue weighted by molar-refractivity contribution is 7.91. The molecule has 0 saturated carbocycles. The van der Waals surface area contributed by atoms with Gasteiger partial charge in [-0.3, -0.25) is 0 Å². The van der Waals surface area contributed by atoms with E-state index in [0.29, 0.717) is 11.1 Å². The number of nitrogens with one attached hydrogen (secondary N) is 2. The number of rotatable bonds is 4. The number of benzene rings is 2. The predicted molar refractivity (Wildman–Crippen MR) is 101 cm³/mol. The third-order valence-electron chi connectivity index (χ3n) is 3.80. The van der Waals surface area contributed by atoms with Crippen LogP contribution in [0.15, 0.2) is 46.2 Å². The molecule has 2 aromatic carbocycles. The van der Waals surface area contributed by atoms with E-state index in [1.165, 1.54) is 12.1 Å². The zero-order chi connectivity index (χ0) is 20.4. The topological polar surface area (TPSA) is 129 Å². The van der Waals surface area contributed by atoms with Crippen LogP contribution < -0.4 is 9.44 Å². The summed E-state index contributed by atoms with van der Waals surface area (Å²) < 4.78 is 54.0. The van der Waals surface area contributed by atoms with Crippen molar-refractivity contribution >= 4 is 26.0 Å². The SMILES string of the molecule is Cc1ccc(S(=O)(=O)NC(=[N+]=[N-])NS(=O)(=O)c2ccc(C)cc2C)c(C)c1. The highest BCUT2D eigenvalue weighted by atomic mass is 32.2. The predicted octanol–water partition coefficient (Wildman–Crippen LogP) is 1.76. The number of hydrogen-bond acceptors (Lipinski definition) is 4. The first kappa shape index (κ1) is 20.6. The third-order valence-corrected chi connectivity index (χ3v) is 6.80. The molecule has 0 bridgehead atoms. The summed E-state index contributed by atoms with van der Waals surface area (Å²) >= 11 is 0. The summed E-state index contributed by atoms with van der Waals surface area (Å²) in [5.41, 5.74) is 11.8. The van der Waals surface area contributed by atoms with Crippen molar-refractivity contribution in [3.63, 3.8) is 0 Å². The van der Waals surface area contributed by atoms with Crippen molar-refractivity contribution in [1.82, 2.24) is 9.44 Å². The quantitative estimate of drug-likeness (QED) is 0.346. The number of aryl methyl sites for hydroxylation is 4. The smallest absolute Gasteiger partial charge is 0.453 e. The van der Waals surface area contributed by atoms with E-state index in [9.17, 15) is 16.8 Å². The molecule has 0 atom stereocenters. The first-order chi connectivity index (χ1) is 12.5.